The van der Waals surface area contributed by atoms with Crippen molar-refractivity contribution < 1.29 is 4.39 Å². The minimum atomic E-state index is -0.219. The minimum Gasteiger partial charge on any atom is -0.399 e. The highest BCUT2D eigenvalue weighted by atomic mass is 19.1. The minimum absolute atomic E-state index is 0.219. The Morgan fingerprint density at radius 2 is 1.78 bits per heavy atom. The van der Waals surface area contributed by atoms with Gasteiger partial charge in [-0.3, -0.25) is 0 Å². The number of nitrogen functional groups attached to an aromatic ring is 1. The predicted octanol–water partition coefficient (Wildman–Crippen LogP) is 3.87. The topological polar surface area (TPSA) is 29.3 Å². The van der Waals surface area contributed by atoms with Crippen LogP contribution in [0.1, 0.15) is 12.5 Å². The molecule has 0 aliphatic carbocycles. The first-order valence-corrected chi connectivity index (χ1v) is 6.01. The molecule has 94 valence electrons. The van der Waals surface area contributed by atoms with Gasteiger partial charge in [-0.25, -0.2) is 4.39 Å². The molecule has 0 unspecified atom stereocenters. The van der Waals surface area contributed by atoms with Crippen molar-refractivity contribution in [3.63, 3.8) is 0 Å². The van der Waals surface area contributed by atoms with Crippen LogP contribution in [0.5, 0.6) is 0 Å². The predicted molar refractivity (Wildman–Crippen MR) is 74.7 cm³/mol. The third kappa shape index (κ3) is 2.45. The lowest BCUT2D eigenvalue weighted by atomic mass is 10.1. The van der Waals surface area contributed by atoms with Crippen LogP contribution in [0.4, 0.5) is 21.5 Å². The van der Waals surface area contributed by atoms with E-state index in [4.69, 9.17) is 5.73 Å². The first-order chi connectivity index (χ1) is 8.61. The molecule has 0 saturated carbocycles. The highest BCUT2D eigenvalue weighted by Crippen LogP contribution is 2.29. The van der Waals surface area contributed by atoms with Gasteiger partial charge < -0.3 is 10.6 Å². The molecule has 2 aromatic rings. The van der Waals surface area contributed by atoms with E-state index in [1.165, 1.54) is 12.1 Å². The maximum absolute atomic E-state index is 13.0. The maximum atomic E-state index is 13.0. The average Bonchev–Trinajstić information content (AvgIpc) is 2.35. The molecular formula is C15H17FN2. The molecule has 0 aliphatic rings. The molecule has 0 spiro atoms. The Morgan fingerprint density at radius 3 is 2.33 bits per heavy atom. The molecule has 18 heavy (non-hydrogen) atoms. The molecule has 2 rings (SSSR count). The molecule has 2 aromatic carbocycles. The Hall–Kier alpha value is -2.03. The van der Waals surface area contributed by atoms with Gasteiger partial charge >= 0.3 is 0 Å². The molecule has 0 bridgehead atoms. The fourth-order valence-electron chi connectivity index (χ4n) is 2.09. The number of nitrogens with two attached hydrogens (primary N) is 1. The van der Waals surface area contributed by atoms with Gasteiger partial charge in [-0.1, -0.05) is 0 Å². The summed E-state index contributed by atoms with van der Waals surface area (Å²) >= 11 is 0. The van der Waals surface area contributed by atoms with Crippen molar-refractivity contribution >= 4 is 17.1 Å². The summed E-state index contributed by atoms with van der Waals surface area (Å²) in [5.41, 5.74) is 9.70. The van der Waals surface area contributed by atoms with Crippen LogP contribution in [0, 0.1) is 12.7 Å². The van der Waals surface area contributed by atoms with Crippen LogP contribution in [-0.4, -0.2) is 6.54 Å². The van der Waals surface area contributed by atoms with E-state index in [2.05, 4.69) is 11.8 Å². The zero-order valence-corrected chi connectivity index (χ0v) is 10.7. The standard InChI is InChI=1S/C15H17FN2/c1-3-18(14-7-4-12(16)5-8-14)15-9-6-13(17)10-11(15)2/h4-10H,3,17H2,1-2H3. The summed E-state index contributed by atoms with van der Waals surface area (Å²) in [5, 5.41) is 0. The van der Waals surface area contributed by atoms with Crippen LogP contribution in [0.15, 0.2) is 42.5 Å². The van der Waals surface area contributed by atoms with Gasteiger partial charge in [0.05, 0.1) is 0 Å². The zero-order valence-electron chi connectivity index (χ0n) is 10.7. The van der Waals surface area contributed by atoms with Crippen molar-refractivity contribution in [3.05, 3.63) is 53.8 Å². The summed E-state index contributed by atoms with van der Waals surface area (Å²) < 4.78 is 13.0. The number of hydrogen-bond acceptors (Lipinski definition) is 2. The van der Waals surface area contributed by atoms with Gasteiger partial charge in [0, 0.05) is 23.6 Å². The molecule has 2 N–H and O–H groups in total. The van der Waals surface area contributed by atoms with E-state index in [0.29, 0.717) is 0 Å². The van der Waals surface area contributed by atoms with Crippen LogP contribution in [0.25, 0.3) is 0 Å². The molecule has 0 radical (unpaired) electrons. The Morgan fingerprint density at radius 1 is 1.11 bits per heavy atom. The third-order valence-corrected chi connectivity index (χ3v) is 2.97. The van der Waals surface area contributed by atoms with Crippen molar-refractivity contribution in [1.82, 2.24) is 0 Å². The molecule has 0 heterocycles. The van der Waals surface area contributed by atoms with Gasteiger partial charge in [0.15, 0.2) is 0 Å². The van der Waals surface area contributed by atoms with Crippen molar-refractivity contribution in [3.8, 4) is 0 Å². The molecule has 2 nitrogen and oxygen atoms in total. The summed E-state index contributed by atoms with van der Waals surface area (Å²) in [4.78, 5) is 2.13. The van der Waals surface area contributed by atoms with Crippen molar-refractivity contribution in [2.45, 2.75) is 13.8 Å². The molecule has 0 atom stereocenters. The molecule has 0 aliphatic heterocycles. The largest absolute Gasteiger partial charge is 0.399 e. The van der Waals surface area contributed by atoms with Gasteiger partial charge in [-0.15, -0.1) is 0 Å². The number of nitrogens with zero attached hydrogens (tertiary/aromatic N) is 1. The van der Waals surface area contributed by atoms with E-state index >= 15 is 0 Å². The first kappa shape index (κ1) is 12.4. The van der Waals surface area contributed by atoms with E-state index in [-0.39, 0.29) is 5.82 Å². The van der Waals surface area contributed by atoms with Crippen molar-refractivity contribution in [2.24, 2.45) is 0 Å². The Bertz CT molecular complexity index is 535. The third-order valence-electron chi connectivity index (χ3n) is 2.97. The molecule has 0 aromatic heterocycles. The fourth-order valence-corrected chi connectivity index (χ4v) is 2.09. The summed E-state index contributed by atoms with van der Waals surface area (Å²) in [6.07, 6.45) is 0. The van der Waals surface area contributed by atoms with Crippen LogP contribution >= 0.6 is 0 Å². The van der Waals surface area contributed by atoms with Crippen LogP contribution in [0.2, 0.25) is 0 Å². The number of anilines is 3. The normalized spacial score (nSPS) is 10.4. The molecule has 3 heteroatoms. The SMILES string of the molecule is CCN(c1ccc(F)cc1)c1ccc(N)cc1C. The zero-order chi connectivity index (χ0) is 13.1. The molecule has 0 amide bonds. The molecule has 0 fully saturated rings. The lowest BCUT2D eigenvalue weighted by Crippen LogP contribution is -2.17. The van der Waals surface area contributed by atoms with Crippen LogP contribution in [-0.2, 0) is 0 Å². The second-order valence-corrected chi connectivity index (χ2v) is 4.27. The summed E-state index contributed by atoms with van der Waals surface area (Å²) in [6.45, 7) is 4.91. The van der Waals surface area contributed by atoms with Gasteiger partial charge in [-0.05, 0) is 61.9 Å². The van der Waals surface area contributed by atoms with E-state index in [9.17, 15) is 4.39 Å². The highest BCUT2D eigenvalue weighted by molar-refractivity contribution is 5.68. The van der Waals surface area contributed by atoms with Gasteiger partial charge in [0.25, 0.3) is 0 Å². The average molecular weight is 244 g/mol. The van der Waals surface area contributed by atoms with Crippen LogP contribution < -0.4 is 10.6 Å². The summed E-state index contributed by atoms with van der Waals surface area (Å²) in [6, 6.07) is 12.4. The maximum Gasteiger partial charge on any atom is 0.123 e. The van der Waals surface area contributed by atoms with Gasteiger partial charge in [0.1, 0.15) is 5.82 Å². The number of aryl methyl sites for hydroxylation is 1. The smallest absolute Gasteiger partial charge is 0.123 e. The fraction of sp³-hybridized carbons (Fsp3) is 0.200. The number of hydrogen-bond donors (Lipinski definition) is 1. The Kier molecular flexibility index (Phi) is 3.51. The van der Waals surface area contributed by atoms with E-state index in [1.54, 1.807) is 12.1 Å². The first-order valence-electron chi connectivity index (χ1n) is 6.01. The molecule has 0 saturated heterocycles. The van der Waals surface area contributed by atoms with E-state index < -0.39 is 0 Å². The quantitative estimate of drug-likeness (QED) is 0.830. The Labute approximate surface area is 107 Å². The second-order valence-electron chi connectivity index (χ2n) is 4.27. The number of halogens is 1. The van der Waals surface area contributed by atoms with Crippen molar-refractivity contribution in [2.75, 3.05) is 17.2 Å². The number of benzene rings is 2. The van der Waals surface area contributed by atoms with Crippen LogP contribution in [0.3, 0.4) is 0 Å². The summed E-state index contributed by atoms with van der Waals surface area (Å²) in [5.74, 6) is -0.219. The second kappa shape index (κ2) is 5.08. The Balaban J connectivity index is 2.41. The van der Waals surface area contributed by atoms with E-state index in [0.717, 1.165) is 29.2 Å². The van der Waals surface area contributed by atoms with Gasteiger partial charge in [-0.2, -0.15) is 0 Å². The highest BCUT2D eigenvalue weighted by Gasteiger charge is 2.09. The number of rotatable bonds is 3. The lowest BCUT2D eigenvalue weighted by Gasteiger charge is -2.25. The molecular weight excluding hydrogens is 227 g/mol. The summed E-state index contributed by atoms with van der Waals surface area (Å²) in [7, 11) is 0. The monoisotopic (exact) mass is 244 g/mol. The van der Waals surface area contributed by atoms with Gasteiger partial charge in [0.2, 0.25) is 0 Å². The van der Waals surface area contributed by atoms with Crippen molar-refractivity contribution in [1.29, 1.82) is 0 Å². The lowest BCUT2D eigenvalue weighted by molar-refractivity contribution is 0.628. The van der Waals surface area contributed by atoms with E-state index in [1.807, 2.05) is 25.1 Å².